The van der Waals surface area contributed by atoms with E-state index >= 15 is 0 Å². The predicted octanol–water partition coefficient (Wildman–Crippen LogP) is 5.12. The minimum atomic E-state index is -4.47. The van der Waals surface area contributed by atoms with Crippen molar-refractivity contribution in [1.29, 1.82) is 0 Å². The summed E-state index contributed by atoms with van der Waals surface area (Å²) in [5.41, 5.74) is 0.435. The van der Waals surface area contributed by atoms with Crippen LogP contribution in [0.5, 0.6) is 0 Å². The molecule has 0 bridgehead atoms. The summed E-state index contributed by atoms with van der Waals surface area (Å²) >= 11 is 0. The molecule has 0 unspecified atom stereocenters. The Morgan fingerprint density at radius 1 is 1.00 bits per heavy atom. The fourth-order valence-electron chi connectivity index (χ4n) is 2.50. The number of halogens is 3. The molecule has 0 aliphatic carbocycles. The third kappa shape index (κ3) is 4.44. The van der Waals surface area contributed by atoms with Crippen LogP contribution < -0.4 is 10.2 Å². The molecule has 0 fully saturated rings. The molecule has 138 valence electrons. The van der Waals surface area contributed by atoms with Crippen molar-refractivity contribution in [2.24, 2.45) is 0 Å². The van der Waals surface area contributed by atoms with Crippen molar-refractivity contribution in [2.45, 2.75) is 6.18 Å². The van der Waals surface area contributed by atoms with Gasteiger partial charge in [0, 0.05) is 30.2 Å². The quantitative estimate of drug-likeness (QED) is 0.692. The maximum absolute atomic E-state index is 12.8. The van der Waals surface area contributed by atoms with E-state index in [1.807, 2.05) is 37.4 Å². The molecular weight excluding hydrogens is 355 g/mol. The van der Waals surface area contributed by atoms with Crippen LogP contribution in [0.2, 0.25) is 0 Å². The minimum absolute atomic E-state index is 0.0737. The molecule has 0 spiro atoms. The molecule has 0 aliphatic heterocycles. The van der Waals surface area contributed by atoms with Crippen LogP contribution in [-0.4, -0.2) is 17.9 Å². The van der Waals surface area contributed by atoms with Gasteiger partial charge in [0.2, 0.25) is 0 Å². The predicted molar refractivity (Wildman–Crippen MR) is 98.1 cm³/mol. The molecule has 27 heavy (non-hydrogen) atoms. The topological polar surface area (TPSA) is 45.2 Å². The van der Waals surface area contributed by atoms with Crippen LogP contribution in [0.3, 0.4) is 0 Å². The first-order valence-electron chi connectivity index (χ1n) is 8.08. The Morgan fingerprint density at radius 2 is 1.74 bits per heavy atom. The van der Waals surface area contributed by atoms with E-state index in [-0.39, 0.29) is 5.69 Å². The number of hydrogen-bond donors (Lipinski definition) is 1. The van der Waals surface area contributed by atoms with E-state index < -0.39 is 17.6 Å². The van der Waals surface area contributed by atoms with E-state index in [9.17, 15) is 18.0 Å². The number of aromatic nitrogens is 1. The highest BCUT2D eigenvalue weighted by atomic mass is 19.4. The Hall–Kier alpha value is -3.35. The zero-order chi connectivity index (χ0) is 19.4. The lowest BCUT2D eigenvalue weighted by molar-refractivity contribution is -0.137. The molecule has 1 aromatic heterocycles. The molecule has 3 rings (SSSR count). The van der Waals surface area contributed by atoms with Crippen molar-refractivity contribution in [3.63, 3.8) is 0 Å². The fraction of sp³-hybridized carbons (Fsp3) is 0.100. The number of anilines is 3. The van der Waals surface area contributed by atoms with Crippen molar-refractivity contribution in [3.8, 4) is 0 Å². The van der Waals surface area contributed by atoms with Gasteiger partial charge >= 0.3 is 6.18 Å². The normalized spacial score (nSPS) is 11.1. The fourth-order valence-corrected chi connectivity index (χ4v) is 2.50. The number of amides is 1. The largest absolute Gasteiger partial charge is 0.416 e. The average Bonchev–Trinajstić information content (AvgIpc) is 2.68. The maximum Gasteiger partial charge on any atom is 0.416 e. The second kappa shape index (κ2) is 7.49. The number of carbonyl (C=O) groups excluding carboxylic acids is 1. The first-order chi connectivity index (χ1) is 12.8. The third-order valence-electron chi connectivity index (χ3n) is 3.94. The summed E-state index contributed by atoms with van der Waals surface area (Å²) in [5, 5.41) is 2.49. The van der Waals surface area contributed by atoms with Gasteiger partial charge in [0.1, 0.15) is 5.82 Å². The van der Waals surface area contributed by atoms with Crippen LogP contribution >= 0.6 is 0 Å². The molecule has 3 aromatic rings. The zero-order valence-electron chi connectivity index (χ0n) is 14.4. The Morgan fingerprint density at radius 3 is 2.44 bits per heavy atom. The van der Waals surface area contributed by atoms with Crippen molar-refractivity contribution in [3.05, 3.63) is 84.1 Å². The molecule has 0 aliphatic rings. The van der Waals surface area contributed by atoms with Crippen molar-refractivity contribution >= 4 is 23.1 Å². The number of alkyl halides is 3. The van der Waals surface area contributed by atoms with Gasteiger partial charge in [-0.05, 0) is 42.5 Å². The zero-order valence-corrected chi connectivity index (χ0v) is 14.4. The first-order valence-corrected chi connectivity index (χ1v) is 8.08. The average molecular weight is 371 g/mol. The van der Waals surface area contributed by atoms with E-state index in [4.69, 9.17) is 0 Å². The Balaban J connectivity index is 1.80. The van der Waals surface area contributed by atoms with Crippen LogP contribution in [-0.2, 0) is 6.18 Å². The number of hydrogen-bond acceptors (Lipinski definition) is 3. The first kappa shape index (κ1) is 18.4. The monoisotopic (exact) mass is 371 g/mol. The highest BCUT2D eigenvalue weighted by molar-refractivity contribution is 6.04. The van der Waals surface area contributed by atoms with Crippen LogP contribution in [0.25, 0.3) is 0 Å². The van der Waals surface area contributed by atoms with Crippen LogP contribution in [0, 0.1) is 0 Å². The number of carbonyl (C=O) groups is 1. The van der Waals surface area contributed by atoms with Gasteiger partial charge in [-0.2, -0.15) is 13.2 Å². The summed E-state index contributed by atoms with van der Waals surface area (Å²) in [4.78, 5) is 18.5. The molecule has 0 atom stereocenters. The number of pyridine rings is 1. The minimum Gasteiger partial charge on any atom is -0.329 e. The van der Waals surface area contributed by atoms with E-state index in [1.54, 1.807) is 11.0 Å². The van der Waals surface area contributed by atoms with Crippen LogP contribution in [0.1, 0.15) is 15.9 Å². The lowest BCUT2D eigenvalue weighted by Crippen LogP contribution is -2.15. The van der Waals surface area contributed by atoms with Crippen molar-refractivity contribution in [2.75, 3.05) is 17.3 Å². The molecule has 2 aromatic carbocycles. The summed E-state index contributed by atoms with van der Waals surface area (Å²) in [7, 11) is 1.81. The molecule has 4 nitrogen and oxygen atoms in total. The molecule has 1 heterocycles. The number of benzene rings is 2. The molecule has 0 saturated heterocycles. The van der Waals surface area contributed by atoms with E-state index in [2.05, 4.69) is 10.3 Å². The van der Waals surface area contributed by atoms with Crippen molar-refractivity contribution < 1.29 is 18.0 Å². The molecule has 0 radical (unpaired) electrons. The van der Waals surface area contributed by atoms with Crippen LogP contribution in [0.15, 0.2) is 72.9 Å². The van der Waals surface area contributed by atoms with Crippen molar-refractivity contribution in [1.82, 2.24) is 4.98 Å². The molecular formula is C20H16F3N3O. The summed E-state index contributed by atoms with van der Waals surface area (Å²) in [6.07, 6.45) is -2.99. The molecule has 0 saturated carbocycles. The second-order valence-electron chi connectivity index (χ2n) is 5.83. The number of nitrogens with zero attached hydrogens (tertiary/aromatic N) is 2. The summed E-state index contributed by atoms with van der Waals surface area (Å²) < 4.78 is 38.4. The lowest BCUT2D eigenvalue weighted by atomic mass is 10.1. The summed E-state index contributed by atoms with van der Waals surface area (Å²) in [5.74, 6) is 0.0253. The van der Waals surface area contributed by atoms with Gasteiger partial charge in [-0.1, -0.05) is 24.3 Å². The smallest absolute Gasteiger partial charge is 0.329 e. The Labute approximate surface area is 154 Å². The Bertz CT molecular complexity index is 942. The van der Waals surface area contributed by atoms with Gasteiger partial charge < -0.3 is 10.2 Å². The third-order valence-corrected chi connectivity index (χ3v) is 3.94. The van der Waals surface area contributed by atoms with Gasteiger partial charge in [0.05, 0.1) is 5.56 Å². The number of nitrogens with one attached hydrogen (secondary N) is 1. The van der Waals surface area contributed by atoms with E-state index in [1.165, 1.54) is 24.4 Å². The molecule has 1 amide bonds. The standard InChI is InChI=1S/C20H16F3N3O/c1-26(17-8-3-2-4-9-17)18-12-14(10-11-24-18)19(27)25-16-7-5-6-15(13-16)20(21,22)23/h2-13H,1H3,(H,25,27). The van der Waals surface area contributed by atoms with E-state index in [0.29, 0.717) is 11.4 Å². The van der Waals surface area contributed by atoms with Gasteiger partial charge in [-0.3, -0.25) is 4.79 Å². The lowest BCUT2D eigenvalue weighted by Gasteiger charge is -2.18. The van der Waals surface area contributed by atoms with E-state index in [0.717, 1.165) is 17.8 Å². The van der Waals surface area contributed by atoms with Gasteiger partial charge in [0.25, 0.3) is 5.91 Å². The van der Waals surface area contributed by atoms with Gasteiger partial charge in [-0.25, -0.2) is 4.98 Å². The highest BCUT2D eigenvalue weighted by Gasteiger charge is 2.30. The summed E-state index contributed by atoms with van der Waals surface area (Å²) in [6.45, 7) is 0. The Kier molecular flexibility index (Phi) is 5.12. The second-order valence-corrected chi connectivity index (χ2v) is 5.83. The molecule has 7 heteroatoms. The maximum atomic E-state index is 12.8. The van der Waals surface area contributed by atoms with Gasteiger partial charge in [-0.15, -0.1) is 0 Å². The van der Waals surface area contributed by atoms with Gasteiger partial charge in [0.15, 0.2) is 0 Å². The number of para-hydroxylation sites is 1. The number of rotatable bonds is 4. The molecule has 1 N–H and O–H groups in total. The van der Waals surface area contributed by atoms with Crippen LogP contribution in [0.4, 0.5) is 30.4 Å². The SMILES string of the molecule is CN(c1ccccc1)c1cc(C(=O)Nc2cccc(C(F)(F)F)c2)ccn1. The summed E-state index contributed by atoms with van der Waals surface area (Å²) in [6, 6.07) is 17.1. The highest BCUT2D eigenvalue weighted by Crippen LogP contribution is 2.30.